The van der Waals surface area contributed by atoms with Crippen LogP contribution in [0.15, 0.2) is 30.3 Å². The molecule has 1 aliphatic rings. The van der Waals surface area contributed by atoms with Gasteiger partial charge in [0.15, 0.2) is 6.61 Å². The first-order valence-corrected chi connectivity index (χ1v) is 9.73. The predicted octanol–water partition coefficient (Wildman–Crippen LogP) is 3.84. The number of hydrogen-bond acceptors (Lipinski definition) is 4. The van der Waals surface area contributed by atoms with E-state index < -0.39 is 37.2 Å². The fraction of sp³-hybridized carbons (Fsp3) is 0.476. The van der Waals surface area contributed by atoms with Crippen LogP contribution in [0.5, 0.6) is 0 Å². The molecule has 9 heteroatoms. The average Bonchev–Trinajstić information content (AvgIpc) is 3.49. The number of para-hydroxylation sites is 1. The third kappa shape index (κ3) is 5.01. The average molecular weight is 423 g/mol. The second-order valence-electron chi connectivity index (χ2n) is 7.58. The molecule has 1 aromatic carbocycles. The molecule has 0 radical (unpaired) electrons. The highest BCUT2D eigenvalue weighted by molar-refractivity contribution is 5.93. The molecule has 1 aromatic heterocycles. The standard InChI is InChI=1S/C21H24F3N3O3/c1-13-19(15(3)27(25-13)17-7-5-4-6-8-17)20(29)30-11-18(28)26(12-21(22,23)24)14(2)16-9-10-16/h4-8,14,16H,9-12H2,1-3H3/t14-/m1/s1. The Morgan fingerprint density at radius 1 is 1.23 bits per heavy atom. The lowest BCUT2D eigenvalue weighted by Gasteiger charge is -2.30. The summed E-state index contributed by atoms with van der Waals surface area (Å²) >= 11 is 0. The van der Waals surface area contributed by atoms with Gasteiger partial charge in [-0.25, -0.2) is 9.48 Å². The number of nitrogens with zero attached hydrogens (tertiary/aromatic N) is 3. The maximum absolute atomic E-state index is 12.9. The van der Waals surface area contributed by atoms with E-state index in [1.54, 1.807) is 25.5 Å². The first-order valence-electron chi connectivity index (χ1n) is 9.73. The molecule has 1 heterocycles. The summed E-state index contributed by atoms with van der Waals surface area (Å²) in [6.45, 7) is 2.82. The zero-order valence-electron chi connectivity index (χ0n) is 17.1. The Hall–Kier alpha value is -2.84. The van der Waals surface area contributed by atoms with Crippen LogP contribution in [0, 0.1) is 19.8 Å². The summed E-state index contributed by atoms with van der Waals surface area (Å²) in [5, 5.41) is 4.34. The zero-order valence-corrected chi connectivity index (χ0v) is 17.1. The highest BCUT2D eigenvalue weighted by Crippen LogP contribution is 2.36. The number of benzene rings is 1. The second-order valence-corrected chi connectivity index (χ2v) is 7.58. The molecule has 2 aromatic rings. The molecule has 162 valence electrons. The number of halogens is 3. The summed E-state index contributed by atoms with van der Waals surface area (Å²) in [5.41, 5.74) is 1.88. The van der Waals surface area contributed by atoms with Crippen LogP contribution in [0.3, 0.4) is 0 Å². The largest absolute Gasteiger partial charge is 0.452 e. The van der Waals surface area contributed by atoms with Crippen molar-refractivity contribution < 1.29 is 27.5 Å². The Balaban J connectivity index is 1.71. The van der Waals surface area contributed by atoms with Gasteiger partial charge in [0, 0.05) is 6.04 Å². The van der Waals surface area contributed by atoms with Crippen LogP contribution in [0.1, 0.15) is 41.5 Å². The number of aromatic nitrogens is 2. The van der Waals surface area contributed by atoms with Crippen LogP contribution in [-0.4, -0.2) is 51.9 Å². The van der Waals surface area contributed by atoms with E-state index in [9.17, 15) is 22.8 Å². The third-order valence-electron chi connectivity index (χ3n) is 5.29. The summed E-state index contributed by atoms with van der Waals surface area (Å²) in [6.07, 6.45) is -2.94. The molecule has 0 bridgehead atoms. The second kappa shape index (κ2) is 8.49. The summed E-state index contributed by atoms with van der Waals surface area (Å²) in [7, 11) is 0. The third-order valence-corrected chi connectivity index (χ3v) is 5.29. The van der Waals surface area contributed by atoms with Gasteiger partial charge in [-0.3, -0.25) is 4.79 Å². The molecule has 30 heavy (non-hydrogen) atoms. The summed E-state index contributed by atoms with van der Waals surface area (Å²) in [5.74, 6) is -1.59. The molecule has 1 aliphatic carbocycles. The quantitative estimate of drug-likeness (QED) is 0.635. The number of ether oxygens (including phenoxy) is 1. The molecule has 6 nitrogen and oxygen atoms in total. The van der Waals surface area contributed by atoms with Crippen molar-refractivity contribution in [3.8, 4) is 5.69 Å². The molecule has 1 amide bonds. The molecular weight excluding hydrogens is 399 g/mol. The number of aryl methyl sites for hydroxylation is 1. The summed E-state index contributed by atoms with van der Waals surface area (Å²) in [4.78, 5) is 25.8. The van der Waals surface area contributed by atoms with Crippen LogP contribution >= 0.6 is 0 Å². The Labute approximate surface area is 172 Å². The van der Waals surface area contributed by atoms with E-state index in [0.717, 1.165) is 23.4 Å². The molecule has 1 fully saturated rings. The maximum Gasteiger partial charge on any atom is 0.406 e. The highest BCUT2D eigenvalue weighted by atomic mass is 19.4. The minimum atomic E-state index is -4.52. The lowest BCUT2D eigenvalue weighted by atomic mass is 10.1. The van der Waals surface area contributed by atoms with Crippen LogP contribution < -0.4 is 0 Å². The van der Waals surface area contributed by atoms with Crippen molar-refractivity contribution in [2.45, 2.75) is 45.8 Å². The van der Waals surface area contributed by atoms with E-state index in [-0.39, 0.29) is 11.5 Å². The van der Waals surface area contributed by atoms with Crippen molar-refractivity contribution in [2.75, 3.05) is 13.2 Å². The van der Waals surface area contributed by atoms with E-state index in [0.29, 0.717) is 11.4 Å². The topological polar surface area (TPSA) is 64.4 Å². The van der Waals surface area contributed by atoms with Gasteiger partial charge in [0.05, 0.1) is 17.1 Å². The number of alkyl halides is 3. The van der Waals surface area contributed by atoms with Gasteiger partial charge in [0.1, 0.15) is 12.1 Å². The SMILES string of the molecule is Cc1nn(-c2ccccc2)c(C)c1C(=O)OCC(=O)N(CC(F)(F)F)[C@H](C)C1CC1. The van der Waals surface area contributed by atoms with Crippen molar-refractivity contribution in [2.24, 2.45) is 5.92 Å². The Morgan fingerprint density at radius 2 is 1.87 bits per heavy atom. The molecule has 0 unspecified atom stereocenters. The van der Waals surface area contributed by atoms with Crippen molar-refractivity contribution >= 4 is 11.9 Å². The summed E-state index contributed by atoms with van der Waals surface area (Å²) < 4.78 is 45.5. The van der Waals surface area contributed by atoms with E-state index in [2.05, 4.69) is 5.10 Å². The smallest absolute Gasteiger partial charge is 0.406 e. The van der Waals surface area contributed by atoms with Gasteiger partial charge >= 0.3 is 12.1 Å². The monoisotopic (exact) mass is 423 g/mol. The van der Waals surface area contributed by atoms with Gasteiger partial charge in [-0.2, -0.15) is 18.3 Å². The van der Waals surface area contributed by atoms with Crippen molar-refractivity contribution in [1.82, 2.24) is 14.7 Å². The normalized spacial score (nSPS) is 15.0. The number of rotatable bonds is 7. The minimum Gasteiger partial charge on any atom is -0.452 e. The van der Waals surface area contributed by atoms with E-state index >= 15 is 0 Å². The lowest BCUT2D eigenvalue weighted by Crippen LogP contribution is -2.47. The van der Waals surface area contributed by atoms with Gasteiger partial charge in [-0.15, -0.1) is 0 Å². The maximum atomic E-state index is 12.9. The first kappa shape index (κ1) is 21.9. The van der Waals surface area contributed by atoms with Gasteiger partial charge in [-0.05, 0) is 51.7 Å². The van der Waals surface area contributed by atoms with Crippen LogP contribution in [0.2, 0.25) is 0 Å². The Morgan fingerprint density at radius 3 is 2.43 bits per heavy atom. The van der Waals surface area contributed by atoms with Crippen LogP contribution in [0.4, 0.5) is 13.2 Å². The molecule has 0 aliphatic heterocycles. The van der Waals surface area contributed by atoms with Gasteiger partial charge in [0.25, 0.3) is 5.91 Å². The predicted molar refractivity (Wildman–Crippen MR) is 103 cm³/mol. The van der Waals surface area contributed by atoms with Crippen LogP contribution in [-0.2, 0) is 9.53 Å². The van der Waals surface area contributed by atoms with Crippen molar-refractivity contribution in [1.29, 1.82) is 0 Å². The zero-order chi connectivity index (χ0) is 22.1. The number of hydrogen-bond donors (Lipinski definition) is 0. The fourth-order valence-corrected chi connectivity index (χ4v) is 3.53. The first-order chi connectivity index (χ1) is 14.1. The molecule has 0 saturated heterocycles. The van der Waals surface area contributed by atoms with Crippen molar-refractivity contribution in [3.63, 3.8) is 0 Å². The van der Waals surface area contributed by atoms with Gasteiger partial charge < -0.3 is 9.64 Å². The van der Waals surface area contributed by atoms with Gasteiger partial charge in [-0.1, -0.05) is 18.2 Å². The Bertz CT molecular complexity index is 921. The number of esters is 1. The Kier molecular flexibility index (Phi) is 6.19. The fourth-order valence-electron chi connectivity index (χ4n) is 3.53. The van der Waals surface area contributed by atoms with E-state index in [1.807, 2.05) is 30.3 Å². The molecule has 1 atom stereocenters. The number of carbonyl (C=O) groups is 2. The molecule has 0 spiro atoms. The van der Waals surface area contributed by atoms with Crippen LogP contribution in [0.25, 0.3) is 5.69 Å². The molecular formula is C21H24F3N3O3. The highest BCUT2D eigenvalue weighted by Gasteiger charge is 2.40. The van der Waals surface area contributed by atoms with Crippen molar-refractivity contribution in [3.05, 3.63) is 47.3 Å². The van der Waals surface area contributed by atoms with E-state index in [4.69, 9.17) is 4.74 Å². The number of amides is 1. The summed E-state index contributed by atoms with van der Waals surface area (Å²) in [6, 6.07) is 8.61. The number of carbonyl (C=O) groups excluding carboxylic acids is 2. The molecule has 0 N–H and O–H groups in total. The molecule has 3 rings (SSSR count). The molecule has 1 saturated carbocycles. The lowest BCUT2D eigenvalue weighted by molar-refractivity contribution is -0.167. The minimum absolute atomic E-state index is 0.0561. The van der Waals surface area contributed by atoms with Gasteiger partial charge in [0.2, 0.25) is 0 Å². The van der Waals surface area contributed by atoms with E-state index in [1.165, 1.54) is 0 Å².